The molecule has 18 heavy (non-hydrogen) atoms. The van der Waals surface area contributed by atoms with Crippen molar-refractivity contribution in [2.24, 2.45) is 23.5 Å². The first-order valence-electron chi connectivity index (χ1n) is 6.86. The van der Waals surface area contributed by atoms with E-state index < -0.39 is 0 Å². The maximum atomic E-state index is 10.6. The van der Waals surface area contributed by atoms with Crippen molar-refractivity contribution in [2.45, 2.75) is 31.3 Å². The zero-order valence-electron chi connectivity index (χ0n) is 10.4. The van der Waals surface area contributed by atoms with E-state index in [1.165, 1.54) is 19.3 Å². The summed E-state index contributed by atoms with van der Waals surface area (Å²) in [6.45, 7) is 0.484. The van der Waals surface area contributed by atoms with Crippen LogP contribution in [-0.4, -0.2) is 17.8 Å². The quantitative estimate of drug-likeness (QED) is 0.879. The monoisotopic (exact) mass is 265 g/mol. The van der Waals surface area contributed by atoms with Crippen molar-refractivity contribution in [3.05, 3.63) is 34.9 Å². The maximum Gasteiger partial charge on any atom is 0.0654 e. The Labute approximate surface area is 113 Å². The van der Waals surface area contributed by atoms with Crippen LogP contribution in [0.2, 0.25) is 5.02 Å². The highest BCUT2D eigenvalue weighted by Crippen LogP contribution is 2.60. The molecule has 3 heteroatoms. The molecule has 0 aliphatic heterocycles. The van der Waals surface area contributed by atoms with Gasteiger partial charge in [0.25, 0.3) is 0 Å². The lowest BCUT2D eigenvalue weighted by Crippen LogP contribution is -2.29. The van der Waals surface area contributed by atoms with Crippen LogP contribution in [-0.2, 0) is 0 Å². The lowest BCUT2D eigenvalue weighted by atomic mass is 9.88. The number of aliphatic hydroxyl groups is 1. The van der Waals surface area contributed by atoms with Crippen molar-refractivity contribution in [1.29, 1.82) is 0 Å². The molecular formula is C15H20ClNO. The van der Waals surface area contributed by atoms with Crippen LogP contribution in [0.4, 0.5) is 0 Å². The Hall–Kier alpha value is -0.570. The Balaban J connectivity index is 1.76. The molecule has 1 aromatic carbocycles. The van der Waals surface area contributed by atoms with E-state index in [1.54, 1.807) is 0 Å². The van der Waals surface area contributed by atoms with Gasteiger partial charge in [0, 0.05) is 17.5 Å². The normalized spacial score (nSPS) is 32.9. The second-order valence-electron chi connectivity index (χ2n) is 5.72. The number of fused-ring (bicyclic) bond motifs is 1. The molecule has 0 heterocycles. The first kappa shape index (κ1) is 12.5. The van der Waals surface area contributed by atoms with E-state index in [0.29, 0.717) is 17.5 Å². The topological polar surface area (TPSA) is 46.2 Å². The second kappa shape index (κ2) is 4.84. The fourth-order valence-electron chi connectivity index (χ4n) is 3.86. The SMILES string of the molecule is NCC(c1cccc(Cl)c1)C(O)C1C2CCCC21. The third-order valence-electron chi connectivity index (χ3n) is 4.81. The molecule has 0 saturated heterocycles. The Morgan fingerprint density at radius 3 is 2.67 bits per heavy atom. The van der Waals surface area contributed by atoms with Gasteiger partial charge in [0.05, 0.1) is 6.10 Å². The number of aliphatic hydroxyl groups excluding tert-OH is 1. The number of nitrogens with two attached hydrogens (primary N) is 1. The number of hydrogen-bond donors (Lipinski definition) is 2. The summed E-state index contributed by atoms with van der Waals surface area (Å²) in [5.41, 5.74) is 6.94. The summed E-state index contributed by atoms with van der Waals surface area (Å²) < 4.78 is 0. The Kier molecular flexibility index (Phi) is 3.35. The van der Waals surface area contributed by atoms with Gasteiger partial charge in [-0.05, 0) is 48.3 Å². The molecule has 3 N–H and O–H groups in total. The van der Waals surface area contributed by atoms with Crippen molar-refractivity contribution in [2.75, 3.05) is 6.54 Å². The molecule has 2 saturated carbocycles. The minimum Gasteiger partial charge on any atom is -0.392 e. The lowest BCUT2D eigenvalue weighted by molar-refractivity contribution is 0.108. The molecule has 2 fully saturated rings. The predicted octanol–water partition coefficient (Wildman–Crippen LogP) is 2.79. The molecular weight excluding hydrogens is 246 g/mol. The zero-order valence-corrected chi connectivity index (χ0v) is 11.2. The fourth-order valence-corrected chi connectivity index (χ4v) is 4.06. The van der Waals surface area contributed by atoms with Crippen molar-refractivity contribution >= 4 is 11.6 Å². The minimum atomic E-state index is -0.302. The molecule has 4 unspecified atom stereocenters. The number of rotatable bonds is 4. The molecule has 0 spiro atoms. The summed E-state index contributed by atoms with van der Waals surface area (Å²) >= 11 is 6.02. The van der Waals surface area contributed by atoms with Gasteiger partial charge in [0.1, 0.15) is 0 Å². The first-order chi connectivity index (χ1) is 8.72. The molecule has 2 nitrogen and oxygen atoms in total. The van der Waals surface area contributed by atoms with Gasteiger partial charge in [-0.1, -0.05) is 30.2 Å². The third-order valence-corrected chi connectivity index (χ3v) is 5.05. The summed E-state index contributed by atoms with van der Waals surface area (Å²) in [6.07, 6.45) is 3.62. The van der Waals surface area contributed by atoms with Gasteiger partial charge in [-0.3, -0.25) is 0 Å². The molecule has 0 bridgehead atoms. The molecule has 3 rings (SSSR count). The second-order valence-corrected chi connectivity index (χ2v) is 6.16. The molecule has 0 radical (unpaired) electrons. The number of halogens is 1. The molecule has 0 aromatic heterocycles. The van der Waals surface area contributed by atoms with Crippen molar-refractivity contribution < 1.29 is 5.11 Å². The van der Waals surface area contributed by atoms with E-state index in [4.69, 9.17) is 17.3 Å². The largest absolute Gasteiger partial charge is 0.392 e. The van der Waals surface area contributed by atoms with E-state index in [9.17, 15) is 5.11 Å². The van der Waals surface area contributed by atoms with E-state index >= 15 is 0 Å². The molecule has 4 atom stereocenters. The fraction of sp³-hybridized carbons (Fsp3) is 0.600. The van der Waals surface area contributed by atoms with E-state index in [-0.39, 0.29) is 12.0 Å². The Morgan fingerprint density at radius 2 is 2.06 bits per heavy atom. The van der Waals surface area contributed by atoms with Crippen LogP contribution in [0.5, 0.6) is 0 Å². The van der Waals surface area contributed by atoms with Crippen molar-refractivity contribution in [3.8, 4) is 0 Å². The standard InChI is InChI=1S/C15H20ClNO/c16-10-4-1-3-9(7-10)13(8-17)15(18)14-11-5-2-6-12(11)14/h1,3-4,7,11-15,18H,2,5-6,8,17H2. The van der Waals surface area contributed by atoms with Gasteiger partial charge in [-0.2, -0.15) is 0 Å². The highest BCUT2D eigenvalue weighted by Gasteiger charge is 2.56. The van der Waals surface area contributed by atoms with Crippen LogP contribution < -0.4 is 5.73 Å². The average Bonchev–Trinajstić information content (AvgIpc) is 2.84. The molecule has 1 aromatic rings. The number of benzene rings is 1. The van der Waals surface area contributed by atoms with Crippen LogP contribution >= 0.6 is 11.6 Å². The summed E-state index contributed by atoms with van der Waals surface area (Å²) in [5, 5.41) is 11.3. The minimum absolute atomic E-state index is 0.0271. The third kappa shape index (κ3) is 2.07. The van der Waals surface area contributed by atoms with Crippen molar-refractivity contribution in [3.63, 3.8) is 0 Å². The first-order valence-corrected chi connectivity index (χ1v) is 7.23. The predicted molar refractivity (Wildman–Crippen MR) is 73.6 cm³/mol. The van der Waals surface area contributed by atoms with Crippen LogP contribution in [0, 0.1) is 17.8 Å². The summed E-state index contributed by atoms with van der Waals surface area (Å²) in [5.74, 6) is 2.02. The van der Waals surface area contributed by atoms with E-state index in [2.05, 4.69) is 0 Å². The van der Waals surface area contributed by atoms with Crippen LogP contribution in [0.1, 0.15) is 30.7 Å². The average molecular weight is 266 g/mol. The van der Waals surface area contributed by atoms with Gasteiger partial charge >= 0.3 is 0 Å². The summed E-state index contributed by atoms with van der Waals surface area (Å²) in [7, 11) is 0. The van der Waals surface area contributed by atoms with Gasteiger partial charge in [-0.15, -0.1) is 0 Å². The van der Waals surface area contributed by atoms with Gasteiger partial charge in [-0.25, -0.2) is 0 Å². The Bertz CT molecular complexity index is 426. The van der Waals surface area contributed by atoms with E-state index in [0.717, 1.165) is 17.4 Å². The van der Waals surface area contributed by atoms with Gasteiger partial charge in [0.2, 0.25) is 0 Å². The zero-order chi connectivity index (χ0) is 12.7. The van der Waals surface area contributed by atoms with Gasteiger partial charge < -0.3 is 10.8 Å². The van der Waals surface area contributed by atoms with Crippen LogP contribution in [0.15, 0.2) is 24.3 Å². The number of hydrogen-bond acceptors (Lipinski definition) is 2. The smallest absolute Gasteiger partial charge is 0.0654 e. The summed E-state index contributed by atoms with van der Waals surface area (Å²) in [4.78, 5) is 0. The molecule has 2 aliphatic rings. The van der Waals surface area contributed by atoms with Crippen LogP contribution in [0.3, 0.4) is 0 Å². The molecule has 0 amide bonds. The molecule has 2 aliphatic carbocycles. The van der Waals surface area contributed by atoms with Crippen LogP contribution in [0.25, 0.3) is 0 Å². The lowest BCUT2D eigenvalue weighted by Gasteiger charge is -2.23. The Morgan fingerprint density at radius 1 is 1.33 bits per heavy atom. The highest BCUT2D eigenvalue weighted by molar-refractivity contribution is 6.30. The van der Waals surface area contributed by atoms with E-state index in [1.807, 2.05) is 24.3 Å². The highest BCUT2D eigenvalue weighted by atomic mass is 35.5. The summed E-state index contributed by atoms with van der Waals surface area (Å²) in [6, 6.07) is 7.74. The van der Waals surface area contributed by atoms with Gasteiger partial charge in [0.15, 0.2) is 0 Å². The maximum absolute atomic E-state index is 10.6. The van der Waals surface area contributed by atoms with Crippen molar-refractivity contribution in [1.82, 2.24) is 0 Å². The molecule has 98 valence electrons.